The van der Waals surface area contributed by atoms with Crippen LogP contribution in [0.3, 0.4) is 0 Å². The molecule has 0 radical (unpaired) electrons. The summed E-state index contributed by atoms with van der Waals surface area (Å²) in [5.74, 6) is 0.212. The fraction of sp³-hybridized carbons (Fsp3) is 0.440. The average molecular weight is 445 g/mol. The molecule has 0 aliphatic rings. The van der Waals surface area contributed by atoms with Crippen LogP contribution in [0.1, 0.15) is 50.3 Å². The Morgan fingerprint density at radius 1 is 1.06 bits per heavy atom. The molecule has 0 saturated heterocycles. The molecule has 5 nitrogen and oxygen atoms in total. The van der Waals surface area contributed by atoms with Gasteiger partial charge in [-0.25, -0.2) is 0 Å². The first kappa shape index (κ1) is 24.7. The Hall–Kier alpha value is -2.53. The Bertz CT molecular complexity index is 863. The summed E-state index contributed by atoms with van der Waals surface area (Å²) in [7, 11) is 0. The van der Waals surface area contributed by atoms with Crippen LogP contribution in [0, 0.1) is 13.8 Å². The van der Waals surface area contributed by atoms with E-state index in [1.165, 1.54) is 0 Å². The van der Waals surface area contributed by atoms with Crippen molar-refractivity contribution in [1.29, 1.82) is 0 Å². The lowest BCUT2D eigenvalue weighted by Gasteiger charge is -2.31. The highest BCUT2D eigenvalue weighted by atomic mass is 35.5. The number of hydrogen-bond donors (Lipinski definition) is 1. The van der Waals surface area contributed by atoms with E-state index in [0.717, 1.165) is 23.1 Å². The first-order valence-corrected chi connectivity index (χ1v) is 11.2. The molecule has 0 aromatic heterocycles. The molecule has 0 aliphatic heterocycles. The van der Waals surface area contributed by atoms with E-state index in [-0.39, 0.29) is 24.5 Å². The van der Waals surface area contributed by atoms with Crippen LogP contribution in [-0.2, 0) is 16.1 Å². The Morgan fingerprint density at radius 3 is 2.23 bits per heavy atom. The number of carbonyl (C=O) groups excluding carboxylic acids is 2. The van der Waals surface area contributed by atoms with Gasteiger partial charge < -0.3 is 15.0 Å². The summed E-state index contributed by atoms with van der Waals surface area (Å²) in [5.41, 5.74) is 2.75. The van der Waals surface area contributed by atoms with Gasteiger partial charge in [-0.2, -0.15) is 0 Å². The van der Waals surface area contributed by atoms with E-state index in [9.17, 15) is 9.59 Å². The number of amides is 2. The highest BCUT2D eigenvalue weighted by Crippen LogP contribution is 2.26. The molecule has 168 valence electrons. The van der Waals surface area contributed by atoms with Crippen molar-refractivity contribution < 1.29 is 14.3 Å². The lowest BCUT2D eigenvalue weighted by atomic mass is 10.1. The van der Waals surface area contributed by atoms with Crippen LogP contribution in [0.4, 0.5) is 0 Å². The summed E-state index contributed by atoms with van der Waals surface area (Å²) < 4.78 is 5.80. The number of nitrogens with zero attached hydrogens (tertiary/aromatic N) is 1. The van der Waals surface area contributed by atoms with Crippen molar-refractivity contribution >= 4 is 23.4 Å². The maximum absolute atomic E-state index is 13.2. The molecular formula is C25H33ClN2O3. The van der Waals surface area contributed by atoms with E-state index in [2.05, 4.69) is 5.32 Å². The number of carbonyl (C=O) groups is 2. The third kappa shape index (κ3) is 7.00. The van der Waals surface area contributed by atoms with Crippen molar-refractivity contribution in [1.82, 2.24) is 10.2 Å². The van der Waals surface area contributed by atoms with Gasteiger partial charge in [-0.05, 0) is 62.4 Å². The zero-order chi connectivity index (χ0) is 23.0. The molecule has 31 heavy (non-hydrogen) atoms. The summed E-state index contributed by atoms with van der Waals surface area (Å²) in [6, 6.07) is 12.8. The molecule has 2 unspecified atom stereocenters. The van der Waals surface area contributed by atoms with E-state index in [1.54, 1.807) is 4.90 Å². The van der Waals surface area contributed by atoms with Gasteiger partial charge in [0.25, 0.3) is 5.91 Å². The summed E-state index contributed by atoms with van der Waals surface area (Å²) in [6.45, 7) is 9.88. The van der Waals surface area contributed by atoms with E-state index < -0.39 is 6.04 Å². The highest BCUT2D eigenvalue weighted by Gasteiger charge is 2.29. The summed E-state index contributed by atoms with van der Waals surface area (Å²) in [4.78, 5) is 27.7. The minimum absolute atomic E-state index is 0.0477. The second-order valence-corrected chi connectivity index (χ2v) is 8.29. The van der Waals surface area contributed by atoms with Crippen molar-refractivity contribution in [2.45, 2.75) is 66.1 Å². The Kier molecular flexibility index (Phi) is 9.38. The fourth-order valence-corrected chi connectivity index (χ4v) is 3.47. The largest absolute Gasteiger partial charge is 0.484 e. The second-order valence-electron chi connectivity index (χ2n) is 7.91. The molecule has 0 saturated carbocycles. The topological polar surface area (TPSA) is 58.6 Å². The average Bonchev–Trinajstić information content (AvgIpc) is 2.76. The van der Waals surface area contributed by atoms with Crippen LogP contribution in [0.15, 0.2) is 42.5 Å². The summed E-state index contributed by atoms with van der Waals surface area (Å²) in [5, 5.41) is 3.70. The first-order chi connectivity index (χ1) is 14.8. The Morgan fingerprint density at radius 2 is 1.68 bits per heavy atom. The third-order valence-corrected chi connectivity index (χ3v) is 5.95. The normalized spacial score (nSPS) is 12.7. The predicted octanol–water partition coefficient (Wildman–Crippen LogP) is 5.06. The van der Waals surface area contributed by atoms with Gasteiger partial charge in [0.1, 0.15) is 11.8 Å². The van der Waals surface area contributed by atoms with Crippen LogP contribution in [0.2, 0.25) is 5.02 Å². The molecule has 2 aromatic carbocycles. The SMILES string of the molecule is CCC(C)NC(=O)C(CC)N(Cc1ccccc1)C(=O)COc1cc(C)c(Cl)c(C)c1. The minimum atomic E-state index is -0.570. The van der Waals surface area contributed by atoms with Crippen LogP contribution >= 0.6 is 11.6 Å². The number of hydrogen-bond acceptors (Lipinski definition) is 3. The van der Waals surface area contributed by atoms with Gasteiger partial charge in [0.05, 0.1) is 0 Å². The number of rotatable bonds is 10. The molecule has 0 fully saturated rings. The lowest BCUT2D eigenvalue weighted by Crippen LogP contribution is -2.51. The zero-order valence-corrected chi connectivity index (χ0v) is 19.8. The number of ether oxygens (including phenoxy) is 1. The summed E-state index contributed by atoms with van der Waals surface area (Å²) in [6.07, 6.45) is 1.34. The van der Waals surface area contributed by atoms with Gasteiger partial charge in [-0.15, -0.1) is 0 Å². The monoisotopic (exact) mass is 444 g/mol. The maximum Gasteiger partial charge on any atom is 0.261 e. The fourth-order valence-electron chi connectivity index (χ4n) is 3.36. The molecular weight excluding hydrogens is 412 g/mol. The summed E-state index contributed by atoms with van der Waals surface area (Å²) >= 11 is 6.23. The van der Waals surface area contributed by atoms with E-state index in [1.807, 2.05) is 77.1 Å². The molecule has 2 amide bonds. The van der Waals surface area contributed by atoms with Gasteiger partial charge in [0, 0.05) is 17.6 Å². The van der Waals surface area contributed by atoms with Crippen molar-refractivity contribution in [3.05, 3.63) is 64.2 Å². The first-order valence-electron chi connectivity index (χ1n) is 10.8. The Labute approximate surface area is 190 Å². The predicted molar refractivity (Wildman–Crippen MR) is 125 cm³/mol. The minimum Gasteiger partial charge on any atom is -0.484 e. The Balaban J connectivity index is 2.21. The molecule has 0 aliphatic carbocycles. The smallest absolute Gasteiger partial charge is 0.261 e. The molecule has 2 rings (SSSR count). The highest BCUT2D eigenvalue weighted by molar-refractivity contribution is 6.32. The van der Waals surface area contributed by atoms with Crippen molar-refractivity contribution in [3.8, 4) is 5.75 Å². The number of benzene rings is 2. The quantitative estimate of drug-likeness (QED) is 0.557. The zero-order valence-electron chi connectivity index (χ0n) is 19.1. The molecule has 1 N–H and O–H groups in total. The molecule has 0 bridgehead atoms. The van der Waals surface area contributed by atoms with E-state index in [0.29, 0.717) is 23.7 Å². The van der Waals surface area contributed by atoms with Crippen molar-refractivity contribution in [2.75, 3.05) is 6.61 Å². The third-order valence-electron chi connectivity index (χ3n) is 5.35. The van der Waals surface area contributed by atoms with Gasteiger partial charge in [0.2, 0.25) is 5.91 Å². The van der Waals surface area contributed by atoms with Gasteiger partial charge in [-0.1, -0.05) is 55.8 Å². The van der Waals surface area contributed by atoms with E-state index >= 15 is 0 Å². The second kappa shape index (κ2) is 11.8. The molecule has 0 spiro atoms. The molecule has 2 atom stereocenters. The van der Waals surface area contributed by atoms with Crippen molar-refractivity contribution in [2.24, 2.45) is 0 Å². The van der Waals surface area contributed by atoms with Gasteiger partial charge >= 0.3 is 0 Å². The van der Waals surface area contributed by atoms with Crippen LogP contribution < -0.4 is 10.1 Å². The molecule has 0 heterocycles. The number of nitrogens with one attached hydrogen (secondary N) is 1. The van der Waals surface area contributed by atoms with Crippen molar-refractivity contribution in [3.63, 3.8) is 0 Å². The van der Waals surface area contributed by atoms with Crippen LogP contribution in [-0.4, -0.2) is 35.4 Å². The molecule has 6 heteroatoms. The van der Waals surface area contributed by atoms with Crippen LogP contribution in [0.25, 0.3) is 0 Å². The molecule has 2 aromatic rings. The van der Waals surface area contributed by atoms with Gasteiger partial charge in [0.15, 0.2) is 6.61 Å². The van der Waals surface area contributed by atoms with Crippen LogP contribution in [0.5, 0.6) is 5.75 Å². The lowest BCUT2D eigenvalue weighted by molar-refractivity contribution is -0.143. The van der Waals surface area contributed by atoms with Gasteiger partial charge in [-0.3, -0.25) is 9.59 Å². The van der Waals surface area contributed by atoms with E-state index in [4.69, 9.17) is 16.3 Å². The number of aryl methyl sites for hydroxylation is 2. The number of halogens is 1. The standard InChI is InChI=1S/C25H33ClN2O3/c1-6-19(5)27-25(30)22(7-2)28(15-20-11-9-8-10-12-20)23(29)16-31-21-13-17(3)24(26)18(4)14-21/h8-14,19,22H,6-7,15-16H2,1-5H3,(H,27,30). The maximum atomic E-state index is 13.2.